The van der Waals surface area contributed by atoms with Gasteiger partial charge in [-0.25, -0.2) is 0 Å². The Morgan fingerprint density at radius 3 is 3.17 bits per heavy atom. The van der Waals surface area contributed by atoms with E-state index in [-0.39, 0.29) is 6.10 Å². The molecule has 1 fully saturated rings. The zero-order valence-electron chi connectivity index (χ0n) is 11.1. The molecule has 0 aliphatic carbocycles. The molecule has 2 rings (SSSR count). The van der Waals surface area contributed by atoms with Crippen molar-refractivity contribution in [2.45, 2.75) is 32.4 Å². The zero-order chi connectivity index (χ0) is 12.8. The van der Waals surface area contributed by atoms with Crippen LogP contribution in [0.15, 0.2) is 10.9 Å². The maximum Gasteiger partial charge on any atom is 0.227 e. The van der Waals surface area contributed by atoms with E-state index in [0.29, 0.717) is 11.9 Å². The van der Waals surface area contributed by atoms with Gasteiger partial charge in [0.15, 0.2) is 6.33 Å². The molecule has 0 spiro atoms. The van der Waals surface area contributed by atoms with E-state index in [1.807, 2.05) is 0 Å². The summed E-state index contributed by atoms with van der Waals surface area (Å²) < 4.78 is 10.7. The Balaban J connectivity index is 1.61. The molecule has 6 nitrogen and oxygen atoms in total. The lowest BCUT2D eigenvalue weighted by Gasteiger charge is -2.35. The van der Waals surface area contributed by atoms with E-state index < -0.39 is 0 Å². The summed E-state index contributed by atoms with van der Waals surface area (Å²) in [5.74, 6) is 0.677. The van der Waals surface area contributed by atoms with Crippen LogP contribution in [0.5, 0.6) is 0 Å². The number of hydrogen-bond acceptors (Lipinski definition) is 6. The minimum absolute atomic E-state index is 0.281. The molecule has 1 saturated heterocycles. The van der Waals surface area contributed by atoms with Crippen molar-refractivity contribution in [3.05, 3.63) is 12.2 Å². The lowest BCUT2D eigenvalue weighted by Crippen LogP contribution is -2.49. The van der Waals surface area contributed by atoms with Crippen LogP contribution >= 0.6 is 0 Å². The van der Waals surface area contributed by atoms with E-state index in [9.17, 15) is 0 Å². The first-order chi connectivity index (χ1) is 8.75. The second kappa shape index (κ2) is 6.82. The minimum Gasteiger partial charge on any atom is -0.374 e. The number of nitrogens with one attached hydrogen (secondary N) is 1. The molecule has 102 valence electrons. The number of morpholine rings is 1. The Morgan fingerprint density at radius 2 is 2.44 bits per heavy atom. The highest BCUT2D eigenvalue weighted by atomic mass is 16.5. The van der Waals surface area contributed by atoms with Crippen LogP contribution < -0.4 is 5.32 Å². The van der Waals surface area contributed by atoms with Gasteiger partial charge in [0, 0.05) is 38.6 Å². The average Bonchev–Trinajstić information content (AvgIpc) is 2.88. The van der Waals surface area contributed by atoms with Crippen molar-refractivity contribution in [1.29, 1.82) is 0 Å². The van der Waals surface area contributed by atoms with Gasteiger partial charge in [-0.1, -0.05) is 5.16 Å². The van der Waals surface area contributed by atoms with Crippen molar-refractivity contribution < 1.29 is 9.26 Å². The quantitative estimate of drug-likeness (QED) is 0.737. The molecule has 2 heterocycles. The van der Waals surface area contributed by atoms with Gasteiger partial charge in [0.2, 0.25) is 5.89 Å². The fourth-order valence-corrected chi connectivity index (χ4v) is 2.10. The van der Waals surface area contributed by atoms with Crippen molar-refractivity contribution in [2.75, 3.05) is 32.8 Å². The summed E-state index contributed by atoms with van der Waals surface area (Å²) >= 11 is 0. The van der Waals surface area contributed by atoms with Gasteiger partial charge in [-0.05, 0) is 13.8 Å². The molecule has 6 heteroatoms. The summed E-state index contributed by atoms with van der Waals surface area (Å²) in [6.45, 7) is 9.04. The van der Waals surface area contributed by atoms with Gasteiger partial charge in [-0.15, -0.1) is 0 Å². The fourth-order valence-electron chi connectivity index (χ4n) is 2.10. The van der Waals surface area contributed by atoms with Crippen LogP contribution in [0.3, 0.4) is 0 Å². The molecular formula is C12H22N4O2. The topological polar surface area (TPSA) is 63.4 Å². The molecular weight excluding hydrogens is 232 g/mol. The number of nitrogens with zero attached hydrogens (tertiary/aromatic N) is 3. The molecule has 1 aliphatic rings. The first-order valence-electron chi connectivity index (χ1n) is 6.57. The fraction of sp³-hybridized carbons (Fsp3) is 0.833. The zero-order valence-corrected chi connectivity index (χ0v) is 11.1. The van der Waals surface area contributed by atoms with Gasteiger partial charge in [0.1, 0.15) is 0 Å². The van der Waals surface area contributed by atoms with Crippen LogP contribution in [0.4, 0.5) is 0 Å². The third-order valence-corrected chi connectivity index (χ3v) is 3.20. The van der Waals surface area contributed by atoms with Gasteiger partial charge in [0.25, 0.3) is 0 Å². The first-order valence-corrected chi connectivity index (χ1v) is 6.57. The maximum atomic E-state index is 5.74. The van der Waals surface area contributed by atoms with Crippen LogP contribution in [0.1, 0.15) is 19.7 Å². The molecule has 0 amide bonds. The van der Waals surface area contributed by atoms with E-state index in [0.717, 1.165) is 39.2 Å². The van der Waals surface area contributed by atoms with Crippen molar-refractivity contribution in [3.8, 4) is 0 Å². The van der Waals surface area contributed by atoms with Crippen molar-refractivity contribution in [1.82, 2.24) is 20.4 Å². The van der Waals surface area contributed by atoms with Crippen molar-refractivity contribution in [3.63, 3.8) is 0 Å². The van der Waals surface area contributed by atoms with Crippen molar-refractivity contribution >= 4 is 0 Å². The summed E-state index contributed by atoms with van der Waals surface area (Å²) in [6, 6.07) is 0.592. The summed E-state index contributed by atoms with van der Waals surface area (Å²) in [5, 5.41) is 6.95. The van der Waals surface area contributed by atoms with E-state index >= 15 is 0 Å². The Labute approximate surface area is 108 Å². The van der Waals surface area contributed by atoms with E-state index in [2.05, 4.69) is 34.2 Å². The molecule has 1 unspecified atom stereocenters. The first kappa shape index (κ1) is 13.5. The monoisotopic (exact) mass is 254 g/mol. The number of rotatable bonds is 6. The third kappa shape index (κ3) is 4.04. The molecule has 0 saturated carbocycles. The van der Waals surface area contributed by atoms with Crippen molar-refractivity contribution in [2.24, 2.45) is 0 Å². The van der Waals surface area contributed by atoms with Gasteiger partial charge in [0.05, 0.1) is 12.7 Å². The summed E-state index contributed by atoms with van der Waals surface area (Å²) in [4.78, 5) is 6.43. The van der Waals surface area contributed by atoms with Crippen LogP contribution in [-0.4, -0.2) is 60.0 Å². The highest BCUT2D eigenvalue weighted by Crippen LogP contribution is 2.07. The van der Waals surface area contributed by atoms with E-state index in [4.69, 9.17) is 9.26 Å². The predicted octanol–water partition coefficient (Wildman–Crippen LogP) is 0.311. The normalized spacial score (nSPS) is 21.6. The molecule has 0 aromatic carbocycles. The Kier molecular flexibility index (Phi) is 5.10. The predicted molar refractivity (Wildman–Crippen MR) is 67.3 cm³/mol. The minimum atomic E-state index is 0.281. The summed E-state index contributed by atoms with van der Waals surface area (Å²) in [7, 11) is 0. The number of ether oxygens (including phenoxy) is 1. The van der Waals surface area contributed by atoms with Gasteiger partial charge >= 0.3 is 0 Å². The molecule has 1 aliphatic heterocycles. The summed E-state index contributed by atoms with van der Waals surface area (Å²) in [5.41, 5.74) is 0. The Hall–Kier alpha value is -0.980. The molecule has 1 N–H and O–H groups in total. The number of hydrogen-bond donors (Lipinski definition) is 1. The van der Waals surface area contributed by atoms with Gasteiger partial charge in [-0.3, -0.25) is 4.90 Å². The van der Waals surface area contributed by atoms with Crippen LogP contribution in [0, 0.1) is 0 Å². The molecule has 1 aromatic rings. The molecule has 0 radical (unpaired) electrons. The number of aromatic nitrogens is 2. The third-order valence-electron chi connectivity index (χ3n) is 3.20. The molecule has 18 heavy (non-hydrogen) atoms. The lowest BCUT2D eigenvalue weighted by atomic mass is 10.2. The Morgan fingerprint density at radius 1 is 1.56 bits per heavy atom. The summed E-state index contributed by atoms with van der Waals surface area (Å²) in [6.07, 6.45) is 2.48. The highest BCUT2D eigenvalue weighted by molar-refractivity contribution is 4.78. The lowest BCUT2D eigenvalue weighted by molar-refractivity contribution is -0.0370. The second-order valence-electron chi connectivity index (χ2n) is 4.87. The molecule has 1 aromatic heterocycles. The smallest absolute Gasteiger partial charge is 0.227 e. The van der Waals surface area contributed by atoms with Gasteiger partial charge in [-0.2, -0.15) is 4.98 Å². The van der Waals surface area contributed by atoms with E-state index in [1.165, 1.54) is 6.33 Å². The second-order valence-corrected chi connectivity index (χ2v) is 4.87. The van der Waals surface area contributed by atoms with E-state index in [1.54, 1.807) is 0 Å². The van der Waals surface area contributed by atoms with Crippen LogP contribution in [0.25, 0.3) is 0 Å². The largest absolute Gasteiger partial charge is 0.374 e. The van der Waals surface area contributed by atoms with Crippen LogP contribution in [0.2, 0.25) is 0 Å². The SMILES string of the molecule is CC(C)N1CCOC(CNCCc2ncno2)C1. The highest BCUT2D eigenvalue weighted by Gasteiger charge is 2.21. The maximum absolute atomic E-state index is 5.74. The van der Waals surface area contributed by atoms with Crippen LogP contribution in [-0.2, 0) is 11.2 Å². The van der Waals surface area contributed by atoms with Gasteiger partial charge < -0.3 is 14.6 Å². The Bertz CT molecular complexity index is 329. The average molecular weight is 254 g/mol. The molecule has 0 bridgehead atoms. The standard InChI is InChI=1S/C12H22N4O2/c1-10(2)16-5-6-17-11(8-16)7-13-4-3-12-14-9-15-18-12/h9-11,13H,3-8H2,1-2H3. The molecule has 1 atom stereocenters.